The summed E-state index contributed by atoms with van der Waals surface area (Å²) in [6.07, 6.45) is -0.199. The van der Waals surface area contributed by atoms with Crippen molar-refractivity contribution in [3.63, 3.8) is 0 Å². The molecule has 0 heterocycles. The van der Waals surface area contributed by atoms with Crippen molar-refractivity contribution in [2.75, 3.05) is 40.8 Å². The number of rotatable bonds is 9. The van der Waals surface area contributed by atoms with Gasteiger partial charge in [-0.1, -0.05) is 6.92 Å². The Hall–Kier alpha value is -0.700. The number of likely N-dealkylation sites (N-methyl/N-ethyl adjacent to an activating group) is 2. The number of carboxylic acid groups (broad SMARTS) is 1. The number of carbonyl (C=O) groups is 1. The summed E-state index contributed by atoms with van der Waals surface area (Å²) in [6, 6.07) is -0.169. The van der Waals surface area contributed by atoms with Crippen molar-refractivity contribution in [3.8, 4) is 0 Å². The predicted octanol–water partition coefficient (Wildman–Crippen LogP) is -0.0903. The zero-order chi connectivity index (χ0) is 15.2. The van der Waals surface area contributed by atoms with Crippen LogP contribution in [0.5, 0.6) is 0 Å². The fourth-order valence-electron chi connectivity index (χ4n) is 1.87. The quantitative estimate of drug-likeness (QED) is 0.643. The number of carboxylic acids is 1. The Bertz CT molecular complexity index is 383. The lowest BCUT2D eigenvalue weighted by molar-refractivity contribution is -0.137. The van der Waals surface area contributed by atoms with Gasteiger partial charge in [0.05, 0.1) is 6.42 Å². The zero-order valence-corrected chi connectivity index (χ0v) is 13.1. The summed E-state index contributed by atoms with van der Waals surface area (Å²) >= 11 is 0. The summed E-state index contributed by atoms with van der Waals surface area (Å²) in [4.78, 5) is 12.4. The maximum atomic E-state index is 12.3. The van der Waals surface area contributed by atoms with Crippen LogP contribution in [-0.4, -0.2) is 79.8 Å². The van der Waals surface area contributed by atoms with Crippen molar-refractivity contribution in [1.82, 2.24) is 13.5 Å². The van der Waals surface area contributed by atoms with Gasteiger partial charge in [-0.2, -0.15) is 17.0 Å². The minimum absolute atomic E-state index is 0.0249. The Morgan fingerprint density at radius 3 is 2.16 bits per heavy atom. The summed E-state index contributed by atoms with van der Waals surface area (Å²) in [5, 5.41) is 8.61. The number of hydrogen-bond donors (Lipinski definition) is 1. The van der Waals surface area contributed by atoms with Gasteiger partial charge in [0.2, 0.25) is 0 Å². The van der Waals surface area contributed by atoms with E-state index in [4.69, 9.17) is 5.11 Å². The lowest BCUT2D eigenvalue weighted by atomic mass is 10.3. The van der Waals surface area contributed by atoms with Crippen LogP contribution in [0.25, 0.3) is 0 Å². The average Bonchev–Trinajstić information content (AvgIpc) is 2.24. The molecule has 0 aromatic heterocycles. The van der Waals surface area contributed by atoms with Crippen LogP contribution < -0.4 is 0 Å². The summed E-state index contributed by atoms with van der Waals surface area (Å²) in [5.74, 6) is -1.01. The Balaban J connectivity index is 4.86. The van der Waals surface area contributed by atoms with E-state index >= 15 is 0 Å². The third-order valence-corrected chi connectivity index (χ3v) is 4.94. The van der Waals surface area contributed by atoms with Gasteiger partial charge >= 0.3 is 5.97 Å². The SMILES string of the molecule is CCN(C(C)CN(C)C)S(=O)(=O)N(C)CCC(=O)O. The molecule has 19 heavy (non-hydrogen) atoms. The lowest BCUT2D eigenvalue weighted by Gasteiger charge is -2.32. The first-order valence-electron chi connectivity index (χ1n) is 6.22. The number of nitrogens with zero attached hydrogens (tertiary/aromatic N) is 3. The summed E-state index contributed by atoms with van der Waals surface area (Å²) in [6.45, 7) is 4.55. The van der Waals surface area contributed by atoms with E-state index in [1.54, 1.807) is 6.92 Å². The molecule has 0 bridgehead atoms. The highest BCUT2D eigenvalue weighted by Gasteiger charge is 2.30. The molecule has 0 amide bonds. The molecule has 0 aromatic rings. The highest BCUT2D eigenvalue weighted by Crippen LogP contribution is 2.12. The van der Waals surface area contributed by atoms with Crippen molar-refractivity contribution in [1.29, 1.82) is 0 Å². The Labute approximate surface area is 116 Å². The topological polar surface area (TPSA) is 81.2 Å². The van der Waals surface area contributed by atoms with Crippen LogP contribution in [-0.2, 0) is 15.0 Å². The third-order valence-electron chi connectivity index (χ3n) is 2.76. The highest BCUT2D eigenvalue weighted by molar-refractivity contribution is 7.86. The molecular weight excluding hydrogens is 270 g/mol. The van der Waals surface area contributed by atoms with Crippen molar-refractivity contribution < 1.29 is 18.3 Å². The Morgan fingerprint density at radius 2 is 1.79 bits per heavy atom. The summed E-state index contributed by atoms with van der Waals surface area (Å²) in [5.41, 5.74) is 0. The van der Waals surface area contributed by atoms with Crippen LogP contribution in [0.4, 0.5) is 0 Å². The fraction of sp³-hybridized carbons (Fsp3) is 0.909. The van der Waals surface area contributed by atoms with Gasteiger partial charge in [0.25, 0.3) is 10.2 Å². The van der Waals surface area contributed by atoms with Crippen LogP contribution >= 0.6 is 0 Å². The number of hydrogen-bond acceptors (Lipinski definition) is 4. The molecule has 114 valence electrons. The van der Waals surface area contributed by atoms with Crippen LogP contribution in [0.1, 0.15) is 20.3 Å². The van der Waals surface area contributed by atoms with Crippen molar-refractivity contribution in [2.24, 2.45) is 0 Å². The lowest BCUT2D eigenvalue weighted by Crippen LogP contribution is -2.49. The third kappa shape index (κ3) is 5.85. The predicted molar refractivity (Wildman–Crippen MR) is 74.2 cm³/mol. The minimum atomic E-state index is -3.62. The number of aliphatic carboxylic acids is 1. The van der Waals surface area contributed by atoms with Gasteiger partial charge in [0.15, 0.2) is 0 Å². The first-order chi connectivity index (χ1) is 8.62. The first-order valence-corrected chi connectivity index (χ1v) is 7.62. The molecule has 0 aliphatic carbocycles. The van der Waals surface area contributed by atoms with Crippen molar-refractivity contribution >= 4 is 16.2 Å². The van der Waals surface area contributed by atoms with Gasteiger partial charge in [0.1, 0.15) is 0 Å². The van der Waals surface area contributed by atoms with E-state index in [9.17, 15) is 13.2 Å². The molecule has 0 aliphatic rings. The van der Waals surface area contributed by atoms with Gasteiger partial charge in [-0.15, -0.1) is 0 Å². The second-order valence-electron chi connectivity index (χ2n) is 4.79. The van der Waals surface area contributed by atoms with Gasteiger partial charge < -0.3 is 10.0 Å². The highest BCUT2D eigenvalue weighted by atomic mass is 32.2. The molecular formula is C11H25N3O4S. The van der Waals surface area contributed by atoms with E-state index in [1.807, 2.05) is 25.9 Å². The molecule has 0 saturated carbocycles. The van der Waals surface area contributed by atoms with Gasteiger partial charge in [-0.05, 0) is 21.0 Å². The Kier molecular flexibility index (Phi) is 7.50. The van der Waals surface area contributed by atoms with E-state index < -0.39 is 16.2 Å². The van der Waals surface area contributed by atoms with E-state index in [1.165, 1.54) is 11.4 Å². The molecule has 7 nitrogen and oxygen atoms in total. The molecule has 0 radical (unpaired) electrons. The molecule has 0 saturated heterocycles. The van der Waals surface area contributed by atoms with E-state index in [2.05, 4.69) is 0 Å². The molecule has 0 rings (SSSR count). The monoisotopic (exact) mass is 295 g/mol. The molecule has 0 fully saturated rings. The van der Waals surface area contributed by atoms with Crippen LogP contribution in [0, 0.1) is 0 Å². The smallest absolute Gasteiger partial charge is 0.304 e. The summed E-state index contributed by atoms with van der Waals surface area (Å²) in [7, 11) is 1.55. The maximum absolute atomic E-state index is 12.3. The second kappa shape index (κ2) is 7.78. The largest absolute Gasteiger partial charge is 0.481 e. The van der Waals surface area contributed by atoms with Gasteiger partial charge in [-0.25, -0.2) is 0 Å². The minimum Gasteiger partial charge on any atom is -0.481 e. The first kappa shape index (κ1) is 18.3. The standard InChI is InChI=1S/C11H25N3O4S/c1-6-14(10(2)9-12(3)4)19(17,18)13(5)8-7-11(15)16/h10H,6-9H2,1-5H3,(H,15,16). The molecule has 1 atom stereocenters. The fourth-order valence-corrected chi connectivity index (χ4v) is 3.40. The van der Waals surface area contributed by atoms with E-state index in [0.29, 0.717) is 13.1 Å². The second-order valence-corrected chi connectivity index (χ2v) is 6.78. The zero-order valence-electron chi connectivity index (χ0n) is 12.3. The molecule has 8 heteroatoms. The molecule has 0 aromatic carbocycles. The van der Waals surface area contributed by atoms with Crippen molar-refractivity contribution in [2.45, 2.75) is 26.3 Å². The molecule has 1 unspecified atom stereocenters. The summed E-state index contributed by atoms with van der Waals surface area (Å²) < 4.78 is 27.2. The van der Waals surface area contributed by atoms with E-state index in [0.717, 1.165) is 4.31 Å². The molecule has 1 N–H and O–H groups in total. The maximum Gasteiger partial charge on any atom is 0.304 e. The van der Waals surface area contributed by atoms with Crippen molar-refractivity contribution in [3.05, 3.63) is 0 Å². The normalized spacial score (nSPS) is 14.3. The Morgan fingerprint density at radius 1 is 1.26 bits per heavy atom. The molecule has 0 spiro atoms. The van der Waals surface area contributed by atoms with Crippen LogP contribution in [0.3, 0.4) is 0 Å². The van der Waals surface area contributed by atoms with E-state index in [-0.39, 0.29) is 19.0 Å². The van der Waals surface area contributed by atoms with Gasteiger partial charge in [-0.3, -0.25) is 4.79 Å². The average molecular weight is 295 g/mol. The van der Waals surface area contributed by atoms with Gasteiger partial charge in [0, 0.05) is 32.7 Å². The molecule has 0 aliphatic heterocycles. The van der Waals surface area contributed by atoms with Crippen LogP contribution in [0.2, 0.25) is 0 Å². The van der Waals surface area contributed by atoms with Crippen LogP contribution in [0.15, 0.2) is 0 Å².